The zero-order chi connectivity index (χ0) is 46.4. The van der Waals surface area contributed by atoms with Crippen LogP contribution in [0.1, 0.15) is 290 Å². The molecule has 0 saturated heterocycles. The standard InChI is InChI=1S/C54H111N2O6P/c1-6-8-10-12-14-16-17-18-19-20-21-22-23-24-25-26-27-28-29-30-31-32-33-34-35-36-37-38-40-41-43-45-47-53(57)52(51-62-63(59,60)61-50-49-56(3,4)5)55-54(58)48-46-44-42-39-15-13-11-9-7-2/h52-53,57H,6-51H2,1-5H3,(H-,55,58,59,60). The lowest BCUT2D eigenvalue weighted by Gasteiger charge is -2.30. The Labute approximate surface area is 393 Å². The maximum atomic E-state index is 12.8. The van der Waals surface area contributed by atoms with E-state index in [2.05, 4.69) is 19.2 Å². The minimum absolute atomic E-state index is 0.0160. The quantitative estimate of drug-likeness (QED) is 0.0357. The van der Waals surface area contributed by atoms with Crippen molar-refractivity contribution in [1.29, 1.82) is 0 Å². The number of aliphatic hydroxyl groups excluding tert-OH is 1. The van der Waals surface area contributed by atoms with Crippen LogP contribution in [0.25, 0.3) is 0 Å². The predicted octanol–water partition coefficient (Wildman–Crippen LogP) is 15.9. The zero-order valence-corrected chi connectivity index (χ0v) is 44.0. The van der Waals surface area contributed by atoms with Gasteiger partial charge in [0.2, 0.25) is 5.91 Å². The summed E-state index contributed by atoms with van der Waals surface area (Å²) in [6.45, 7) is 4.73. The number of phosphoric ester groups is 1. The second kappa shape index (κ2) is 46.6. The number of aliphatic hydroxyl groups is 1. The summed E-state index contributed by atoms with van der Waals surface area (Å²) in [6.07, 6.45) is 54.5. The Kier molecular flexibility index (Phi) is 46.2. The molecule has 3 atom stereocenters. The molecule has 0 bridgehead atoms. The average molecular weight is 915 g/mol. The monoisotopic (exact) mass is 915 g/mol. The highest BCUT2D eigenvalue weighted by Crippen LogP contribution is 2.38. The molecule has 0 aliphatic carbocycles. The van der Waals surface area contributed by atoms with Gasteiger partial charge in [-0.1, -0.05) is 271 Å². The third-order valence-electron chi connectivity index (χ3n) is 13.1. The minimum atomic E-state index is -4.56. The Morgan fingerprint density at radius 1 is 0.492 bits per heavy atom. The lowest BCUT2D eigenvalue weighted by Crippen LogP contribution is -2.46. The fourth-order valence-electron chi connectivity index (χ4n) is 8.69. The molecular formula is C54H111N2O6P. The van der Waals surface area contributed by atoms with Gasteiger partial charge in [0.25, 0.3) is 7.82 Å². The van der Waals surface area contributed by atoms with E-state index < -0.39 is 20.0 Å². The van der Waals surface area contributed by atoms with E-state index in [4.69, 9.17) is 9.05 Å². The van der Waals surface area contributed by atoms with Crippen molar-refractivity contribution in [2.24, 2.45) is 0 Å². The molecule has 0 fully saturated rings. The molecule has 0 aliphatic rings. The van der Waals surface area contributed by atoms with Gasteiger partial charge < -0.3 is 28.8 Å². The van der Waals surface area contributed by atoms with Crippen molar-refractivity contribution >= 4 is 13.7 Å². The van der Waals surface area contributed by atoms with Crippen molar-refractivity contribution < 1.29 is 32.9 Å². The zero-order valence-electron chi connectivity index (χ0n) is 43.1. The number of hydrogen-bond donors (Lipinski definition) is 2. The number of unbranched alkanes of at least 4 members (excludes halogenated alkanes) is 39. The van der Waals surface area contributed by atoms with Gasteiger partial charge in [0.1, 0.15) is 13.2 Å². The fourth-order valence-corrected chi connectivity index (χ4v) is 9.41. The van der Waals surface area contributed by atoms with E-state index in [1.54, 1.807) is 0 Å². The molecule has 2 N–H and O–H groups in total. The van der Waals surface area contributed by atoms with Gasteiger partial charge in [0.15, 0.2) is 0 Å². The minimum Gasteiger partial charge on any atom is -0.756 e. The van der Waals surface area contributed by atoms with Crippen LogP contribution in [0.3, 0.4) is 0 Å². The summed E-state index contributed by atoms with van der Waals surface area (Å²) >= 11 is 0. The molecule has 9 heteroatoms. The van der Waals surface area contributed by atoms with E-state index in [0.717, 1.165) is 38.5 Å². The number of phosphoric acid groups is 1. The van der Waals surface area contributed by atoms with Crippen molar-refractivity contribution in [3.05, 3.63) is 0 Å². The number of nitrogens with zero attached hydrogens (tertiary/aromatic N) is 1. The fraction of sp³-hybridized carbons (Fsp3) is 0.981. The van der Waals surface area contributed by atoms with Crippen molar-refractivity contribution in [3.63, 3.8) is 0 Å². The maximum Gasteiger partial charge on any atom is 0.268 e. The van der Waals surface area contributed by atoms with Gasteiger partial charge in [0.05, 0.1) is 39.9 Å². The number of hydrogen-bond acceptors (Lipinski definition) is 6. The van der Waals surface area contributed by atoms with Gasteiger partial charge in [-0.05, 0) is 12.8 Å². The van der Waals surface area contributed by atoms with Crippen LogP contribution < -0.4 is 10.2 Å². The summed E-state index contributed by atoms with van der Waals surface area (Å²) in [7, 11) is 1.32. The molecule has 63 heavy (non-hydrogen) atoms. The molecule has 0 radical (unpaired) electrons. The van der Waals surface area contributed by atoms with Crippen LogP contribution in [0.2, 0.25) is 0 Å². The summed E-state index contributed by atoms with van der Waals surface area (Å²) in [5, 5.41) is 13.9. The topological polar surface area (TPSA) is 108 Å². The normalized spacial score (nSPS) is 14.0. The van der Waals surface area contributed by atoms with Crippen LogP contribution in [-0.4, -0.2) is 68.5 Å². The molecule has 0 rings (SSSR count). The van der Waals surface area contributed by atoms with Gasteiger partial charge >= 0.3 is 0 Å². The Bertz CT molecular complexity index is 994. The second-order valence-electron chi connectivity index (χ2n) is 20.7. The van der Waals surface area contributed by atoms with Crippen LogP contribution in [0, 0.1) is 0 Å². The number of carbonyl (C=O) groups is 1. The molecule has 0 spiro atoms. The number of amides is 1. The van der Waals surface area contributed by atoms with E-state index >= 15 is 0 Å². The molecule has 378 valence electrons. The number of rotatable bonds is 52. The van der Waals surface area contributed by atoms with Gasteiger partial charge in [-0.15, -0.1) is 0 Å². The first-order chi connectivity index (χ1) is 30.5. The molecule has 0 aliphatic heterocycles. The van der Waals surface area contributed by atoms with Gasteiger partial charge in [-0.2, -0.15) is 0 Å². The van der Waals surface area contributed by atoms with Crippen molar-refractivity contribution in [2.45, 2.75) is 302 Å². The third kappa shape index (κ3) is 49.2. The highest BCUT2D eigenvalue weighted by molar-refractivity contribution is 7.45. The summed E-state index contributed by atoms with van der Waals surface area (Å²) < 4.78 is 23.3. The smallest absolute Gasteiger partial charge is 0.268 e. The molecule has 0 aromatic rings. The molecule has 0 heterocycles. The van der Waals surface area contributed by atoms with Crippen molar-refractivity contribution in [3.8, 4) is 0 Å². The number of nitrogens with one attached hydrogen (secondary N) is 1. The van der Waals surface area contributed by atoms with Gasteiger partial charge in [0, 0.05) is 6.42 Å². The van der Waals surface area contributed by atoms with E-state index in [1.807, 2.05) is 21.1 Å². The van der Waals surface area contributed by atoms with Gasteiger partial charge in [-0.25, -0.2) is 0 Å². The largest absolute Gasteiger partial charge is 0.756 e. The number of quaternary nitrogens is 1. The van der Waals surface area contributed by atoms with E-state index in [-0.39, 0.29) is 19.1 Å². The van der Waals surface area contributed by atoms with Crippen LogP contribution in [0.4, 0.5) is 0 Å². The summed E-state index contributed by atoms with van der Waals surface area (Å²) in [5.74, 6) is -0.164. The number of carbonyl (C=O) groups excluding carboxylic acids is 1. The van der Waals surface area contributed by atoms with Crippen molar-refractivity contribution in [2.75, 3.05) is 40.9 Å². The molecule has 0 saturated carbocycles. The highest BCUT2D eigenvalue weighted by atomic mass is 31.2. The van der Waals surface area contributed by atoms with Crippen LogP contribution in [0.15, 0.2) is 0 Å². The Morgan fingerprint density at radius 3 is 1.08 bits per heavy atom. The van der Waals surface area contributed by atoms with E-state index in [0.29, 0.717) is 23.9 Å². The summed E-state index contributed by atoms with van der Waals surface area (Å²) in [4.78, 5) is 25.3. The second-order valence-corrected chi connectivity index (χ2v) is 22.1. The summed E-state index contributed by atoms with van der Waals surface area (Å²) in [6, 6.07) is -0.793. The highest BCUT2D eigenvalue weighted by Gasteiger charge is 2.24. The Hall–Kier alpha value is -0.500. The molecule has 0 aromatic heterocycles. The van der Waals surface area contributed by atoms with E-state index in [9.17, 15) is 19.4 Å². The lowest BCUT2D eigenvalue weighted by atomic mass is 10.0. The lowest BCUT2D eigenvalue weighted by molar-refractivity contribution is -0.870. The number of likely N-dealkylation sites (N-methyl/N-ethyl adjacent to an activating group) is 1. The SMILES string of the molecule is CCCCCCCCCCCCCCCCCCCCCCCCCCCCCCCCCCC(O)C(COP(=O)([O-])OCC[N+](C)(C)C)NC(=O)CCCCCCCCCCC. The van der Waals surface area contributed by atoms with Crippen LogP contribution in [-0.2, 0) is 18.4 Å². The van der Waals surface area contributed by atoms with Crippen LogP contribution in [0.5, 0.6) is 0 Å². The van der Waals surface area contributed by atoms with E-state index in [1.165, 1.54) is 225 Å². The predicted molar refractivity (Wildman–Crippen MR) is 270 cm³/mol. The Balaban J connectivity index is 3.89. The van der Waals surface area contributed by atoms with Crippen LogP contribution >= 0.6 is 7.82 Å². The average Bonchev–Trinajstić information content (AvgIpc) is 3.24. The first-order valence-corrected chi connectivity index (χ1v) is 29.3. The molecule has 8 nitrogen and oxygen atoms in total. The first-order valence-electron chi connectivity index (χ1n) is 27.9. The molecular weight excluding hydrogens is 804 g/mol. The first kappa shape index (κ1) is 62.5. The van der Waals surface area contributed by atoms with Crippen molar-refractivity contribution in [1.82, 2.24) is 5.32 Å². The molecule has 0 aromatic carbocycles. The summed E-state index contributed by atoms with van der Waals surface area (Å²) in [5.41, 5.74) is 0. The third-order valence-corrected chi connectivity index (χ3v) is 14.1. The van der Waals surface area contributed by atoms with Gasteiger partial charge in [-0.3, -0.25) is 9.36 Å². The maximum absolute atomic E-state index is 12.8. The molecule has 1 amide bonds. The molecule has 3 unspecified atom stereocenters. The Morgan fingerprint density at radius 2 is 0.778 bits per heavy atom.